The molecule has 1 N–H and O–H groups in total. The third-order valence-electron chi connectivity index (χ3n) is 5.02. The van der Waals surface area contributed by atoms with Crippen LogP contribution in [0.3, 0.4) is 0 Å². The number of piperidine rings is 1. The van der Waals surface area contributed by atoms with Crippen molar-refractivity contribution in [2.45, 2.75) is 32.1 Å². The van der Waals surface area contributed by atoms with Crippen molar-refractivity contribution >= 4 is 47.4 Å². The molecule has 0 bridgehead atoms. The fraction of sp³-hybridized carbons (Fsp3) is 0.450. The van der Waals surface area contributed by atoms with Gasteiger partial charge in [0.2, 0.25) is 0 Å². The van der Waals surface area contributed by atoms with Gasteiger partial charge in [0.1, 0.15) is 11.6 Å². The van der Waals surface area contributed by atoms with E-state index in [4.69, 9.17) is 4.74 Å². The highest BCUT2D eigenvalue weighted by atomic mass is 35.5. The summed E-state index contributed by atoms with van der Waals surface area (Å²) in [6.07, 6.45) is 6.20. The van der Waals surface area contributed by atoms with Crippen LogP contribution in [-0.2, 0) is 4.79 Å². The van der Waals surface area contributed by atoms with Gasteiger partial charge in [-0.05, 0) is 68.1 Å². The lowest BCUT2D eigenvalue weighted by Gasteiger charge is -2.28. The maximum Gasteiger partial charge on any atom is 0.415 e. The summed E-state index contributed by atoms with van der Waals surface area (Å²) in [4.78, 5) is 30.9. The Labute approximate surface area is 185 Å². The summed E-state index contributed by atoms with van der Waals surface area (Å²) < 4.78 is 19.4. The maximum absolute atomic E-state index is 13.9. The Bertz CT molecular complexity index is 868. The zero-order valence-corrected chi connectivity index (χ0v) is 18.1. The van der Waals surface area contributed by atoms with Gasteiger partial charge >= 0.3 is 6.09 Å². The molecule has 10 heteroatoms. The van der Waals surface area contributed by atoms with Crippen LogP contribution < -0.4 is 10.2 Å². The minimum atomic E-state index is -0.469. The van der Waals surface area contributed by atoms with Crippen molar-refractivity contribution in [2.75, 3.05) is 26.2 Å². The molecule has 2 amide bonds. The number of rotatable bonds is 2. The second kappa shape index (κ2) is 10.3. The largest absolute Gasteiger partial charge is 0.415 e. The average Bonchev–Trinajstić information content (AvgIpc) is 3.11. The Morgan fingerprint density at radius 1 is 1.17 bits per heavy atom. The number of carbonyl (C=O) groups excluding carboxylic acids is 2. The number of ether oxygens (including phenoxy) is 1. The highest BCUT2D eigenvalue weighted by Crippen LogP contribution is 2.33. The van der Waals surface area contributed by atoms with E-state index in [0.29, 0.717) is 28.7 Å². The number of halogens is 2. The van der Waals surface area contributed by atoms with Gasteiger partial charge < -0.3 is 9.64 Å². The van der Waals surface area contributed by atoms with Crippen LogP contribution in [0.5, 0.6) is 5.75 Å². The van der Waals surface area contributed by atoms with E-state index in [-0.39, 0.29) is 24.1 Å². The molecule has 4 rings (SSSR count). The van der Waals surface area contributed by atoms with E-state index in [9.17, 15) is 14.0 Å². The summed E-state index contributed by atoms with van der Waals surface area (Å²) in [6.45, 7) is 2.94. The average molecular weight is 455 g/mol. The summed E-state index contributed by atoms with van der Waals surface area (Å²) in [6, 6.07) is 3.92. The smallest absolute Gasteiger partial charge is 0.410 e. The molecule has 7 nitrogen and oxygen atoms in total. The van der Waals surface area contributed by atoms with Crippen LogP contribution in [0, 0.1) is 5.82 Å². The molecule has 3 heterocycles. The number of likely N-dealkylation sites (tertiary alicyclic amines) is 1. The standard InChI is InChI=1S/C20H23FN4O3S.ClH/c21-15-6-7-16(28-20(27)24-9-3-1-4-10-24)14(12-15)13-17-18(26)23-19(29-17)25-11-5-2-8-22-25;/h6-7,12-13,22H,1-5,8-11H2;1H. The number of aliphatic imine (C=N–C) groups is 1. The van der Waals surface area contributed by atoms with Crippen molar-refractivity contribution < 1.29 is 18.7 Å². The molecule has 162 valence electrons. The Balaban J connectivity index is 0.00000256. The monoisotopic (exact) mass is 454 g/mol. The van der Waals surface area contributed by atoms with Gasteiger partial charge in [-0.1, -0.05) is 0 Å². The van der Waals surface area contributed by atoms with Crippen LogP contribution in [0.4, 0.5) is 9.18 Å². The van der Waals surface area contributed by atoms with Crippen LogP contribution in [0.2, 0.25) is 0 Å². The molecule has 2 saturated heterocycles. The molecule has 0 spiro atoms. The number of hydrazine groups is 1. The summed E-state index contributed by atoms with van der Waals surface area (Å²) in [7, 11) is 0. The topological polar surface area (TPSA) is 74.2 Å². The van der Waals surface area contributed by atoms with Crippen molar-refractivity contribution in [3.05, 3.63) is 34.5 Å². The van der Waals surface area contributed by atoms with Gasteiger partial charge in [0.25, 0.3) is 5.91 Å². The van der Waals surface area contributed by atoms with E-state index in [1.165, 1.54) is 36.0 Å². The molecule has 30 heavy (non-hydrogen) atoms. The summed E-state index contributed by atoms with van der Waals surface area (Å²) in [5.74, 6) is -0.619. The lowest BCUT2D eigenvalue weighted by atomic mass is 10.1. The molecule has 0 radical (unpaired) electrons. The van der Waals surface area contributed by atoms with Gasteiger partial charge in [-0.2, -0.15) is 4.99 Å². The number of hydrogen-bond acceptors (Lipinski definition) is 6. The van der Waals surface area contributed by atoms with Crippen LogP contribution in [0.15, 0.2) is 28.1 Å². The van der Waals surface area contributed by atoms with Crippen molar-refractivity contribution in [3.63, 3.8) is 0 Å². The highest BCUT2D eigenvalue weighted by Gasteiger charge is 2.28. The van der Waals surface area contributed by atoms with Gasteiger partial charge in [-0.3, -0.25) is 9.80 Å². The minimum Gasteiger partial charge on any atom is -0.410 e. The van der Waals surface area contributed by atoms with E-state index in [0.717, 1.165) is 45.2 Å². The first-order valence-corrected chi connectivity index (χ1v) is 10.7. The zero-order valence-electron chi connectivity index (χ0n) is 16.4. The lowest BCUT2D eigenvalue weighted by Crippen LogP contribution is -2.45. The molecule has 0 unspecified atom stereocenters. The maximum atomic E-state index is 13.9. The number of thioether (sulfide) groups is 1. The second-order valence-corrected chi connectivity index (χ2v) is 8.18. The van der Waals surface area contributed by atoms with E-state index < -0.39 is 11.9 Å². The number of nitrogens with zero attached hydrogens (tertiary/aromatic N) is 3. The summed E-state index contributed by atoms with van der Waals surface area (Å²) in [5, 5.41) is 2.46. The quantitative estimate of drug-likeness (QED) is 0.685. The van der Waals surface area contributed by atoms with E-state index in [1.807, 2.05) is 5.01 Å². The van der Waals surface area contributed by atoms with Crippen LogP contribution in [0.1, 0.15) is 37.7 Å². The Hall–Kier alpha value is -2.10. The number of hydrogen-bond donors (Lipinski definition) is 1. The van der Waals surface area contributed by atoms with Crippen molar-refractivity contribution in [3.8, 4) is 5.75 Å². The first kappa shape index (κ1) is 22.6. The van der Waals surface area contributed by atoms with Crippen LogP contribution >= 0.6 is 24.2 Å². The number of amidine groups is 1. The number of amides is 2. The molecule has 0 aromatic heterocycles. The summed E-state index contributed by atoms with van der Waals surface area (Å²) in [5.41, 5.74) is 3.56. The third kappa shape index (κ3) is 5.33. The molecule has 2 fully saturated rings. The molecule has 1 aromatic rings. The summed E-state index contributed by atoms with van der Waals surface area (Å²) >= 11 is 1.23. The minimum absolute atomic E-state index is 0. The van der Waals surface area contributed by atoms with E-state index >= 15 is 0 Å². The highest BCUT2D eigenvalue weighted by molar-refractivity contribution is 8.18. The van der Waals surface area contributed by atoms with Crippen molar-refractivity contribution in [1.29, 1.82) is 0 Å². The Kier molecular flexibility index (Phi) is 7.74. The number of nitrogens with one attached hydrogen (secondary N) is 1. The SMILES string of the molecule is Cl.O=C1N=C(N2CCCCN2)SC1=Cc1cc(F)ccc1OC(=O)N1CCCCC1. The zero-order chi connectivity index (χ0) is 20.2. The van der Waals surface area contributed by atoms with Crippen molar-refractivity contribution in [2.24, 2.45) is 4.99 Å². The van der Waals surface area contributed by atoms with E-state index in [1.54, 1.807) is 4.90 Å². The molecular formula is C20H24ClFN4O3S. The Morgan fingerprint density at radius 2 is 1.93 bits per heavy atom. The van der Waals surface area contributed by atoms with Gasteiger partial charge in [0.05, 0.1) is 4.91 Å². The first-order chi connectivity index (χ1) is 14.1. The van der Waals surface area contributed by atoms with Gasteiger partial charge in [-0.25, -0.2) is 14.6 Å². The van der Waals surface area contributed by atoms with Gasteiger partial charge in [0.15, 0.2) is 5.17 Å². The molecule has 0 atom stereocenters. The van der Waals surface area contributed by atoms with Gasteiger partial charge in [0, 0.05) is 31.7 Å². The molecule has 3 aliphatic heterocycles. The molecule has 1 aromatic carbocycles. The number of carbonyl (C=O) groups is 2. The fourth-order valence-corrected chi connectivity index (χ4v) is 4.38. The lowest BCUT2D eigenvalue weighted by molar-refractivity contribution is -0.113. The second-order valence-electron chi connectivity index (χ2n) is 7.17. The first-order valence-electron chi connectivity index (χ1n) is 9.90. The fourth-order valence-electron chi connectivity index (χ4n) is 3.47. The van der Waals surface area contributed by atoms with Crippen LogP contribution in [-0.4, -0.2) is 53.3 Å². The molecule has 0 aliphatic carbocycles. The third-order valence-corrected chi connectivity index (χ3v) is 6.03. The molecular weight excluding hydrogens is 431 g/mol. The Morgan fingerprint density at radius 3 is 2.67 bits per heavy atom. The van der Waals surface area contributed by atoms with Crippen LogP contribution in [0.25, 0.3) is 6.08 Å². The number of benzene rings is 1. The predicted molar refractivity (Wildman–Crippen MR) is 117 cm³/mol. The molecule has 0 saturated carbocycles. The van der Waals surface area contributed by atoms with E-state index in [2.05, 4.69) is 10.4 Å². The molecule has 3 aliphatic rings. The normalized spacial score (nSPS) is 20.8. The predicted octanol–water partition coefficient (Wildman–Crippen LogP) is 3.80. The van der Waals surface area contributed by atoms with Gasteiger partial charge in [-0.15, -0.1) is 12.4 Å². The van der Waals surface area contributed by atoms with Crippen molar-refractivity contribution in [1.82, 2.24) is 15.3 Å².